The highest BCUT2D eigenvalue weighted by Gasteiger charge is 2.26. The van der Waals surface area contributed by atoms with Gasteiger partial charge in [-0.05, 0) is 0 Å². The number of aromatic nitrogens is 4. The van der Waals surface area contributed by atoms with Crippen LogP contribution in [0.3, 0.4) is 0 Å². The largest absolute Gasteiger partial charge is 0.478 e. The second-order valence-corrected chi connectivity index (χ2v) is 6.43. The molecule has 0 bridgehead atoms. The lowest BCUT2D eigenvalue weighted by molar-refractivity contribution is 0.0739. The Morgan fingerprint density at radius 3 is 2.62 bits per heavy atom. The number of piperazine rings is 1. The lowest BCUT2D eigenvalue weighted by atomic mass is 10.2. The lowest BCUT2D eigenvalue weighted by Gasteiger charge is -2.35. The zero-order valence-electron chi connectivity index (χ0n) is 14.5. The van der Waals surface area contributed by atoms with Gasteiger partial charge in [-0.3, -0.25) is 19.1 Å². The molecule has 2 aromatic heterocycles. The van der Waals surface area contributed by atoms with Crippen LogP contribution in [0.5, 0.6) is 5.88 Å². The first kappa shape index (κ1) is 16.4. The van der Waals surface area contributed by atoms with E-state index in [4.69, 9.17) is 4.74 Å². The Balaban J connectivity index is 1.45. The molecule has 0 aromatic carbocycles. The number of carbonyl (C=O) groups is 1. The third-order valence-corrected chi connectivity index (χ3v) is 4.76. The van der Waals surface area contributed by atoms with Gasteiger partial charge in [0.2, 0.25) is 5.88 Å². The van der Waals surface area contributed by atoms with Crippen molar-refractivity contribution >= 4 is 11.7 Å². The number of nitrogens with zero attached hydrogens (tertiary/aromatic N) is 5. The van der Waals surface area contributed by atoms with Crippen molar-refractivity contribution in [2.75, 3.05) is 37.7 Å². The minimum atomic E-state index is -0.449. The molecule has 0 atom stereocenters. The van der Waals surface area contributed by atoms with Crippen molar-refractivity contribution in [2.24, 2.45) is 7.05 Å². The number of hydrogen-bond donors (Lipinski definition) is 1. The van der Waals surface area contributed by atoms with E-state index in [9.17, 15) is 14.4 Å². The minimum Gasteiger partial charge on any atom is -0.478 e. The zero-order valence-corrected chi connectivity index (χ0v) is 14.5. The van der Waals surface area contributed by atoms with E-state index in [1.54, 1.807) is 15.6 Å². The van der Waals surface area contributed by atoms with Gasteiger partial charge in [-0.2, -0.15) is 5.10 Å². The van der Waals surface area contributed by atoms with E-state index in [-0.39, 0.29) is 11.5 Å². The van der Waals surface area contributed by atoms with Crippen molar-refractivity contribution in [2.45, 2.75) is 13.0 Å². The SMILES string of the molecule is Cn1c(=O)cc(N2CCN(C(=O)c3cc4n(n3)CCCO4)CC2)[nH]c1=O. The van der Waals surface area contributed by atoms with Gasteiger partial charge in [-0.25, -0.2) is 9.48 Å². The molecule has 138 valence electrons. The fourth-order valence-corrected chi connectivity index (χ4v) is 3.20. The van der Waals surface area contributed by atoms with Crippen LogP contribution in [0.1, 0.15) is 16.9 Å². The molecule has 10 nitrogen and oxygen atoms in total. The molecule has 0 spiro atoms. The normalized spacial score (nSPS) is 17.0. The first-order valence-corrected chi connectivity index (χ1v) is 8.58. The predicted octanol–water partition coefficient (Wildman–Crippen LogP) is -0.985. The predicted molar refractivity (Wildman–Crippen MR) is 92.8 cm³/mol. The molecule has 2 aliphatic heterocycles. The standard InChI is InChI=1S/C16H20N6O4/c1-19-13(23)10-12(17-16(19)25)20-4-6-21(7-5-20)15(24)11-9-14-22(18-11)3-2-8-26-14/h9-10H,2-8H2,1H3,(H,17,25). The van der Waals surface area contributed by atoms with Crippen LogP contribution in [-0.4, -0.2) is 62.9 Å². The van der Waals surface area contributed by atoms with Crippen LogP contribution in [-0.2, 0) is 13.6 Å². The van der Waals surface area contributed by atoms with E-state index in [1.165, 1.54) is 13.1 Å². The van der Waals surface area contributed by atoms with E-state index >= 15 is 0 Å². The Labute approximate surface area is 148 Å². The third-order valence-electron chi connectivity index (χ3n) is 4.76. The summed E-state index contributed by atoms with van der Waals surface area (Å²) in [4.78, 5) is 42.5. The smallest absolute Gasteiger partial charge is 0.329 e. The van der Waals surface area contributed by atoms with Gasteiger partial charge < -0.3 is 14.5 Å². The summed E-state index contributed by atoms with van der Waals surface area (Å²) in [6, 6.07) is 3.09. The van der Waals surface area contributed by atoms with Gasteiger partial charge in [0, 0.05) is 58.3 Å². The Bertz CT molecular complexity index is 896. The summed E-state index contributed by atoms with van der Waals surface area (Å²) in [5.74, 6) is 0.986. The molecule has 0 aliphatic carbocycles. The van der Waals surface area contributed by atoms with Gasteiger partial charge in [-0.1, -0.05) is 0 Å². The number of ether oxygens (including phenoxy) is 1. The highest BCUT2D eigenvalue weighted by Crippen LogP contribution is 2.20. The molecular formula is C16H20N6O4. The van der Waals surface area contributed by atoms with Crippen molar-refractivity contribution in [1.29, 1.82) is 0 Å². The average Bonchev–Trinajstić information content (AvgIpc) is 3.09. The van der Waals surface area contributed by atoms with Crippen LogP contribution >= 0.6 is 0 Å². The molecule has 4 rings (SSSR count). The zero-order chi connectivity index (χ0) is 18.3. The number of amides is 1. The second-order valence-electron chi connectivity index (χ2n) is 6.43. The molecule has 26 heavy (non-hydrogen) atoms. The molecule has 2 aliphatic rings. The highest BCUT2D eigenvalue weighted by molar-refractivity contribution is 5.92. The maximum absolute atomic E-state index is 12.7. The number of fused-ring (bicyclic) bond motifs is 1. The van der Waals surface area contributed by atoms with Crippen LogP contribution in [0.15, 0.2) is 21.7 Å². The maximum atomic E-state index is 12.7. The molecular weight excluding hydrogens is 340 g/mol. The fraction of sp³-hybridized carbons (Fsp3) is 0.500. The van der Waals surface area contributed by atoms with Gasteiger partial charge in [-0.15, -0.1) is 0 Å². The van der Waals surface area contributed by atoms with E-state index in [2.05, 4.69) is 10.1 Å². The lowest BCUT2D eigenvalue weighted by Crippen LogP contribution is -2.50. The maximum Gasteiger partial charge on any atom is 0.329 e. The molecule has 1 amide bonds. The number of carbonyl (C=O) groups excluding carboxylic acids is 1. The Kier molecular flexibility index (Phi) is 4.02. The Morgan fingerprint density at radius 1 is 1.15 bits per heavy atom. The highest BCUT2D eigenvalue weighted by atomic mass is 16.5. The number of aromatic amines is 1. The molecule has 1 N–H and O–H groups in total. The molecule has 0 radical (unpaired) electrons. The molecule has 1 fully saturated rings. The average molecular weight is 360 g/mol. The molecule has 4 heterocycles. The quantitative estimate of drug-likeness (QED) is 0.738. The summed E-state index contributed by atoms with van der Waals surface area (Å²) >= 11 is 0. The summed E-state index contributed by atoms with van der Waals surface area (Å²) in [7, 11) is 1.43. The summed E-state index contributed by atoms with van der Waals surface area (Å²) in [6.07, 6.45) is 0.885. The van der Waals surface area contributed by atoms with Gasteiger partial charge in [0.1, 0.15) is 5.82 Å². The van der Waals surface area contributed by atoms with Crippen molar-refractivity contribution in [3.8, 4) is 5.88 Å². The molecule has 10 heteroatoms. The van der Waals surface area contributed by atoms with E-state index < -0.39 is 5.69 Å². The first-order valence-electron chi connectivity index (χ1n) is 8.58. The summed E-state index contributed by atoms with van der Waals surface area (Å²) in [5.41, 5.74) is -0.419. The number of rotatable bonds is 2. The van der Waals surface area contributed by atoms with Crippen molar-refractivity contribution in [3.05, 3.63) is 38.7 Å². The number of H-pyrrole nitrogens is 1. The molecule has 2 aromatic rings. The van der Waals surface area contributed by atoms with Gasteiger partial charge in [0.05, 0.1) is 6.61 Å². The monoisotopic (exact) mass is 360 g/mol. The van der Waals surface area contributed by atoms with Crippen molar-refractivity contribution in [3.63, 3.8) is 0 Å². The molecule has 0 saturated carbocycles. The summed E-state index contributed by atoms with van der Waals surface area (Å²) in [5, 5.41) is 4.33. The van der Waals surface area contributed by atoms with Gasteiger partial charge in [0.15, 0.2) is 5.69 Å². The van der Waals surface area contributed by atoms with Crippen LogP contribution < -0.4 is 20.9 Å². The fourth-order valence-electron chi connectivity index (χ4n) is 3.20. The van der Waals surface area contributed by atoms with E-state index in [1.807, 2.05) is 4.90 Å². The van der Waals surface area contributed by atoms with Crippen LogP contribution in [0, 0.1) is 0 Å². The summed E-state index contributed by atoms with van der Waals surface area (Å²) < 4.78 is 8.24. The van der Waals surface area contributed by atoms with Crippen LogP contribution in [0.4, 0.5) is 5.82 Å². The number of anilines is 1. The third kappa shape index (κ3) is 2.87. The van der Waals surface area contributed by atoms with E-state index in [0.29, 0.717) is 50.2 Å². The van der Waals surface area contributed by atoms with Crippen molar-refractivity contribution in [1.82, 2.24) is 24.2 Å². The molecule has 0 unspecified atom stereocenters. The van der Waals surface area contributed by atoms with Crippen LogP contribution in [0.25, 0.3) is 0 Å². The second kappa shape index (κ2) is 6.36. The van der Waals surface area contributed by atoms with Gasteiger partial charge >= 0.3 is 5.69 Å². The Morgan fingerprint density at radius 2 is 1.92 bits per heavy atom. The number of hydrogen-bond acceptors (Lipinski definition) is 6. The van der Waals surface area contributed by atoms with Gasteiger partial charge in [0.25, 0.3) is 11.5 Å². The topological polar surface area (TPSA) is 105 Å². The number of nitrogens with one attached hydrogen (secondary N) is 1. The first-order chi connectivity index (χ1) is 12.5. The molecule has 1 saturated heterocycles. The minimum absolute atomic E-state index is 0.132. The van der Waals surface area contributed by atoms with Crippen LogP contribution in [0.2, 0.25) is 0 Å². The van der Waals surface area contributed by atoms with E-state index in [0.717, 1.165) is 17.5 Å². The summed E-state index contributed by atoms with van der Waals surface area (Å²) in [6.45, 7) is 3.43. The van der Waals surface area contributed by atoms with Crippen molar-refractivity contribution < 1.29 is 9.53 Å². The number of aryl methyl sites for hydroxylation is 1. The Hall–Kier alpha value is -3.04.